The quantitative estimate of drug-likeness (QED) is 0.479. The molecule has 2 heterocycles. The molecule has 0 saturated carbocycles. The number of imide groups is 2. The van der Waals surface area contributed by atoms with Crippen LogP contribution in [0.4, 0.5) is 10.5 Å². The van der Waals surface area contributed by atoms with Crippen LogP contribution in [0.2, 0.25) is 0 Å². The van der Waals surface area contributed by atoms with Gasteiger partial charge in [-0.2, -0.15) is 0 Å². The Morgan fingerprint density at radius 3 is 2.41 bits per heavy atom. The molecule has 160 valence electrons. The Kier molecular flexibility index (Phi) is 5.19. The topological polar surface area (TPSA) is 117 Å². The van der Waals surface area contributed by atoms with Gasteiger partial charge >= 0.3 is 12.0 Å². The van der Waals surface area contributed by atoms with Gasteiger partial charge in [-0.1, -0.05) is 29.8 Å². The van der Waals surface area contributed by atoms with Crippen LogP contribution >= 0.6 is 0 Å². The second kappa shape index (κ2) is 7.99. The molecule has 32 heavy (non-hydrogen) atoms. The molecule has 1 aliphatic rings. The molecule has 2 N–H and O–H groups in total. The fraction of sp³-hybridized carbons (Fsp3) is 0.0833. The Labute approximate surface area is 182 Å². The standard InChI is InChI=1S/C24H18N2O6/c1-13-6-8-15(9-7-13)26-22(28)19(21(27)25-24(26)31)12-16-10-11-20(32-16)17-4-3-5-18(14(17)2)23(29)30/h3-12H,1-2H3,(H,29,30)(H,25,27,31)/b19-12+. The van der Waals surface area contributed by atoms with Gasteiger partial charge in [-0.05, 0) is 55.8 Å². The summed E-state index contributed by atoms with van der Waals surface area (Å²) in [5.74, 6) is -2.07. The molecular formula is C24H18N2O6. The summed E-state index contributed by atoms with van der Waals surface area (Å²) < 4.78 is 5.76. The van der Waals surface area contributed by atoms with E-state index < -0.39 is 23.8 Å². The number of amides is 4. The monoisotopic (exact) mass is 430 g/mol. The van der Waals surface area contributed by atoms with Gasteiger partial charge in [-0.15, -0.1) is 0 Å². The summed E-state index contributed by atoms with van der Waals surface area (Å²) in [5, 5.41) is 11.5. The van der Waals surface area contributed by atoms with E-state index in [1.54, 1.807) is 55.5 Å². The number of furan rings is 1. The first-order chi connectivity index (χ1) is 15.3. The molecule has 0 aliphatic carbocycles. The lowest BCUT2D eigenvalue weighted by molar-refractivity contribution is -0.122. The van der Waals surface area contributed by atoms with E-state index in [0.29, 0.717) is 22.6 Å². The number of hydrogen-bond donors (Lipinski definition) is 2. The van der Waals surface area contributed by atoms with Crippen molar-refractivity contribution >= 4 is 35.6 Å². The average molecular weight is 430 g/mol. The van der Waals surface area contributed by atoms with Crippen molar-refractivity contribution in [2.45, 2.75) is 13.8 Å². The number of nitrogens with zero attached hydrogens (tertiary/aromatic N) is 1. The zero-order valence-electron chi connectivity index (χ0n) is 17.2. The summed E-state index contributed by atoms with van der Waals surface area (Å²) in [5.41, 5.74) is 2.27. The van der Waals surface area contributed by atoms with Crippen LogP contribution in [0.1, 0.15) is 27.2 Å². The van der Waals surface area contributed by atoms with Gasteiger partial charge in [0.05, 0.1) is 11.3 Å². The first-order valence-electron chi connectivity index (χ1n) is 9.67. The molecule has 4 rings (SSSR count). The molecule has 0 spiro atoms. The van der Waals surface area contributed by atoms with E-state index in [1.807, 2.05) is 6.92 Å². The van der Waals surface area contributed by atoms with Crippen molar-refractivity contribution in [1.29, 1.82) is 0 Å². The number of urea groups is 1. The van der Waals surface area contributed by atoms with Crippen LogP contribution in [0.15, 0.2) is 64.6 Å². The maximum atomic E-state index is 13.0. The second-order valence-electron chi connectivity index (χ2n) is 7.28. The number of aryl methyl sites for hydroxylation is 1. The van der Waals surface area contributed by atoms with E-state index >= 15 is 0 Å². The zero-order chi connectivity index (χ0) is 23.0. The van der Waals surface area contributed by atoms with E-state index in [9.17, 15) is 24.3 Å². The predicted molar refractivity (Wildman–Crippen MR) is 116 cm³/mol. The number of barbiturate groups is 1. The minimum Gasteiger partial charge on any atom is -0.478 e. The molecule has 3 aromatic rings. The Bertz CT molecular complexity index is 1300. The minimum absolute atomic E-state index is 0.146. The summed E-state index contributed by atoms with van der Waals surface area (Å²) in [6.45, 7) is 3.54. The van der Waals surface area contributed by atoms with Crippen LogP contribution in [0, 0.1) is 13.8 Å². The van der Waals surface area contributed by atoms with Crippen LogP contribution in [0.25, 0.3) is 17.4 Å². The van der Waals surface area contributed by atoms with Gasteiger partial charge in [-0.25, -0.2) is 14.5 Å². The van der Waals surface area contributed by atoms with Gasteiger partial charge in [0.15, 0.2) is 0 Å². The summed E-state index contributed by atoms with van der Waals surface area (Å²) in [4.78, 5) is 49.9. The Morgan fingerprint density at radius 1 is 1.00 bits per heavy atom. The first-order valence-corrected chi connectivity index (χ1v) is 9.67. The van der Waals surface area contributed by atoms with Crippen molar-refractivity contribution in [3.63, 3.8) is 0 Å². The minimum atomic E-state index is -1.05. The zero-order valence-corrected chi connectivity index (χ0v) is 17.2. The number of rotatable bonds is 4. The lowest BCUT2D eigenvalue weighted by atomic mass is 10.0. The van der Waals surface area contributed by atoms with Gasteiger partial charge in [0, 0.05) is 5.56 Å². The number of carbonyl (C=O) groups excluding carboxylic acids is 3. The average Bonchev–Trinajstić information content (AvgIpc) is 3.21. The molecule has 1 aromatic heterocycles. The number of aromatic carboxylic acids is 1. The van der Waals surface area contributed by atoms with Gasteiger partial charge in [0.25, 0.3) is 11.8 Å². The van der Waals surface area contributed by atoms with Crippen LogP contribution < -0.4 is 10.2 Å². The number of nitrogens with one attached hydrogen (secondary N) is 1. The highest BCUT2D eigenvalue weighted by atomic mass is 16.4. The fourth-order valence-corrected chi connectivity index (χ4v) is 3.44. The maximum Gasteiger partial charge on any atom is 0.335 e. The van der Waals surface area contributed by atoms with Gasteiger partial charge in [-0.3, -0.25) is 14.9 Å². The Hall–Kier alpha value is -4.46. The highest BCUT2D eigenvalue weighted by Gasteiger charge is 2.37. The van der Waals surface area contributed by atoms with E-state index in [1.165, 1.54) is 12.1 Å². The SMILES string of the molecule is Cc1ccc(N2C(=O)NC(=O)/C(=C\c3ccc(-c4cccc(C(=O)O)c4C)o3)C2=O)cc1. The number of carboxylic acids is 1. The van der Waals surface area contributed by atoms with E-state index in [2.05, 4.69) is 5.32 Å². The molecule has 8 nitrogen and oxygen atoms in total. The molecular weight excluding hydrogens is 412 g/mol. The van der Waals surface area contributed by atoms with Crippen molar-refractivity contribution < 1.29 is 28.7 Å². The lowest BCUT2D eigenvalue weighted by Crippen LogP contribution is -2.54. The number of anilines is 1. The maximum absolute atomic E-state index is 13.0. The Balaban J connectivity index is 1.69. The third-order valence-corrected chi connectivity index (χ3v) is 5.14. The van der Waals surface area contributed by atoms with Crippen molar-refractivity contribution in [1.82, 2.24) is 5.32 Å². The summed E-state index contributed by atoms with van der Waals surface area (Å²) in [7, 11) is 0. The van der Waals surface area contributed by atoms with Crippen molar-refractivity contribution in [3.05, 3.63) is 82.6 Å². The van der Waals surface area contributed by atoms with E-state index in [-0.39, 0.29) is 16.9 Å². The van der Waals surface area contributed by atoms with Crippen molar-refractivity contribution in [2.75, 3.05) is 4.90 Å². The molecule has 0 radical (unpaired) electrons. The van der Waals surface area contributed by atoms with Crippen LogP contribution in [-0.4, -0.2) is 28.9 Å². The molecule has 8 heteroatoms. The van der Waals surface area contributed by atoms with E-state index in [4.69, 9.17) is 4.42 Å². The number of benzene rings is 2. The first kappa shape index (κ1) is 20.8. The predicted octanol–water partition coefficient (Wildman–Crippen LogP) is 3.93. The van der Waals surface area contributed by atoms with Crippen LogP contribution in [0.3, 0.4) is 0 Å². The highest BCUT2D eigenvalue weighted by Crippen LogP contribution is 2.29. The molecule has 1 saturated heterocycles. The van der Waals surface area contributed by atoms with Gasteiger partial charge < -0.3 is 9.52 Å². The second-order valence-corrected chi connectivity index (χ2v) is 7.28. The molecule has 4 amide bonds. The van der Waals surface area contributed by atoms with Crippen molar-refractivity contribution in [2.24, 2.45) is 0 Å². The van der Waals surface area contributed by atoms with Crippen LogP contribution in [0.5, 0.6) is 0 Å². The molecule has 0 unspecified atom stereocenters. The fourth-order valence-electron chi connectivity index (χ4n) is 3.44. The number of hydrogen-bond acceptors (Lipinski definition) is 5. The smallest absolute Gasteiger partial charge is 0.335 e. The van der Waals surface area contributed by atoms with Crippen LogP contribution in [-0.2, 0) is 9.59 Å². The highest BCUT2D eigenvalue weighted by molar-refractivity contribution is 6.39. The van der Waals surface area contributed by atoms with Crippen molar-refractivity contribution in [3.8, 4) is 11.3 Å². The number of carbonyl (C=O) groups is 4. The number of carboxylic acid groups (broad SMARTS) is 1. The Morgan fingerprint density at radius 2 is 1.72 bits per heavy atom. The van der Waals surface area contributed by atoms with E-state index in [0.717, 1.165) is 10.5 Å². The molecule has 1 fully saturated rings. The normalized spacial score (nSPS) is 15.2. The molecule has 0 bridgehead atoms. The summed E-state index contributed by atoms with van der Waals surface area (Å²) >= 11 is 0. The lowest BCUT2D eigenvalue weighted by Gasteiger charge is -2.26. The van der Waals surface area contributed by atoms with Gasteiger partial charge in [0.1, 0.15) is 17.1 Å². The summed E-state index contributed by atoms with van der Waals surface area (Å²) in [6.07, 6.45) is 1.26. The molecule has 0 atom stereocenters. The largest absolute Gasteiger partial charge is 0.478 e. The molecule has 1 aliphatic heterocycles. The molecule has 2 aromatic carbocycles. The third-order valence-electron chi connectivity index (χ3n) is 5.14. The third kappa shape index (κ3) is 3.69. The van der Waals surface area contributed by atoms with Gasteiger partial charge in [0.2, 0.25) is 0 Å². The summed E-state index contributed by atoms with van der Waals surface area (Å²) in [6, 6.07) is 13.9.